The Balaban J connectivity index is 1.33. The Bertz CT molecular complexity index is 1080. The van der Waals surface area contributed by atoms with Crippen LogP contribution in [0.2, 0.25) is 0 Å². The molecule has 2 unspecified atom stereocenters. The Morgan fingerprint density at radius 3 is 2.62 bits per heavy atom. The molecule has 4 heterocycles. The summed E-state index contributed by atoms with van der Waals surface area (Å²) in [4.78, 5) is 13.4. The zero-order chi connectivity index (χ0) is 21.8. The molecule has 4 N–H and O–H groups in total. The monoisotopic (exact) mass is 457 g/mol. The second-order valence-electron chi connectivity index (χ2n) is 9.20. The van der Waals surface area contributed by atoms with Crippen molar-refractivity contribution >= 4 is 28.3 Å². The van der Waals surface area contributed by atoms with Crippen LogP contribution in [0, 0.1) is 11.8 Å². The van der Waals surface area contributed by atoms with Crippen molar-refractivity contribution in [2.75, 3.05) is 11.9 Å². The molecule has 3 saturated carbocycles. The highest BCUT2D eigenvalue weighted by Crippen LogP contribution is 2.51. The van der Waals surface area contributed by atoms with E-state index < -0.39 is 24.5 Å². The first-order valence-corrected chi connectivity index (χ1v) is 12.2. The molecule has 0 aromatic carbocycles. The second kappa shape index (κ2) is 8.03. The molecule has 9 nitrogen and oxygen atoms in total. The first kappa shape index (κ1) is 20.5. The van der Waals surface area contributed by atoms with E-state index in [0.29, 0.717) is 34.7 Å². The fourth-order valence-electron chi connectivity index (χ4n) is 6.01. The number of imidazole rings is 1. The van der Waals surface area contributed by atoms with Crippen LogP contribution >= 0.6 is 11.3 Å². The second-order valence-corrected chi connectivity index (χ2v) is 9.98. The van der Waals surface area contributed by atoms with Crippen LogP contribution in [0.25, 0.3) is 11.2 Å². The maximum Gasteiger partial charge on any atom is 0.167 e. The van der Waals surface area contributed by atoms with Crippen LogP contribution in [0.4, 0.5) is 5.82 Å². The number of rotatable bonds is 5. The topological polar surface area (TPSA) is 126 Å². The van der Waals surface area contributed by atoms with Gasteiger partial charge >= 0.3 is 0 Å². The summed E-state index contributed by atoms with van der Waals surface area (Å²) in [5.41, 5.74) is 2.53. The third-order valence-electron chi connectivity index (χ3n) is 7.60. The van der Waals surface area contributed by atoms with Gasteiger partial charge in [-0.1, -0.05) is 0 Å². The summed E-state index contributed by atoms with van der Waals surface area (Å²) in [5.74, 6) is 2.41. The van der Waals surface area contributed by atoms with Crippen LogP contribution in [-0.2, 0) is 4.74 Å². The van der Waals surface area contributed by atoms with E-state index >= 15 is 0 Å². The number of thiophene rings is 1. The number of hydrogen-bond acceptors (Lipinski definition) is 9. The number of aliphatic hydroxyl groups is 3. The zero-order valence-corrected chi connectivity index (χ0v) is 18.3. The minimum atomic E-state index is -1.19. The Labute approximate surface area is 189 Å². The van der Waals surface area contributed by atoms with Crippen LogP contribution in [-0.4, -0.2) is 65.8 Å². The smallest absolute Gasteiger partial charge is 0.167 e. The molecule has 32 heavy (non-hydrogen) atoms. The molecule has 4 fully saturated rings. The lowest BCUT2D eigenvalue weighted by Crippen LogP contribution is -2.46. The number of hydrogen-bond donors (Lipinski definition) is 4. The van der Waals surface area contributed by atoms with Crippen molar-refractivity contribution in [2.45, 2.75) is 62.2 Å². The maximum atomic E-state index is 10.4. The third-order valence-corrected chi connectivity index (χ3v) is 8.30. The van der Waals surface area contributed by atoms with Gasteiger partial charge in [-0.15, -0.1) is 0 Å². The molecule has 1 saturated heterocycles. The molecular weight excluding hydrogens is 430 g/mol. The lowest BCUT2D eigenvalue weighted by molar-refractivity contribution is -0.0511. The molecule has 1 aliphatic heterocycles. The van der Waals surface area contributed by atoms with Gasteiger partial charge in [0, 0.05) is 12.0 Å². The van der Waals surface area contributed by atoms with Crippen molar-refractivity contribution < 1.29 is 20.1 Å². The van der Waals surface area contributed by atoms with E-state index in [2.05, 4.69) is 37.1 Å². The molecule has 0 amide bonds. The van der Waals surface area contributed by atoms with Gasteiger partial charge in [0.25, 0.3) is 0 Å². The first-order valence-electron chi connectivity index (χ1n) is 11.2. The highest BCUT2D eigenvalue weighted by molar-refractivity contribution is 7.08. The molecule has 170 valence electrons. The Morgan fingerprint density at radius 2 is 1.91 bits per heavy atom. The number of fused-ring (bicyclic) bond motifs is 4. The summed E-state index contributed by atoms with van der Waals surface area (Å²) in [6, 6.07) is 2.53. The predicted octanol–water partition coefficient (Wildman–Crippen LogP) is 1.88. The van der Waals surface area contributed by atoms with Gasteiger partial charge in [0.2, 0.25) is 0 Å². The molecular formula is C22H27N5O4S. The van der Waals surface area contributed by atoms with Gasteiger partial charge in [-0.3, -0.25) is 4.57 Å². The standard InChI is InChI=1S/C22H27N5O4S/c28-7-14-18(29)19(30)22(31-14)27-10-25-17-20(23-9-24-21(17)27)26-16-12-3-1-11(2-4-12)15(16)13-5-6-32-8-13/h5-6,8-12,14-16,18-19,22,28-30H,1-4,7H2,(H,23,24,26)/t11?,12?,14-,15?,16?,18-,19-,22-/m1/s1. The summed E-state index contributed by atoms with van der Waals surface area (Å²) in [7, 11) is 0. The highest BCUT2D eigenvalue weighted by Gasteiger charge is 2.46. The molecule has 3 aliphatic carbocycles. The Morgan fingerprint density at radius 1 is 1.09 bits per heavy atom. The van der Waals surface area contributed by atoms with Crippen LogP contribution in [0.1, 0.15) is 43.4 Å². The van der Waals surface area contributed by atoms with Gasteiger partial charge in [0.15, 0.2) is 23.2 Å². The van der Waals surface area contributed by atoms with Crippen molar-refractivity contribution in [2.24, 2.45) is 11.8 Å². The molecule has 6 atom stereocenters. The number of aliphatic hydroxyl groups excluding tert-OH is 3. The van der Waals surface area contributed by atoms with E-state index in [1.54, 1.807) is 22.2 Å². The van der Waals surface area contributed by atoms with Crippen molar-refractivity contribution in [3.05, 3.63) is 35.0 Å². The average molecular weight is 458 g/mol. The fraction of sp³-hybridized carbons (Fsp3) is 0.591. The number of nitrogens with zero attached hydrogens (tertiary/aromatic N) is 4. The van der Waals surface area contributed by atoms with Crippen molar-refractivity contribution in [3.8, 4) is 0 Å². The minimum Gasteiger partial charge on any atom is -0.394 e. The summed E-state index contributed by atoms with van der Waals surface area (Å²) in [6.45, 7) is -0.378. The van der Waals surface area contributed by atoms with Crippen molar-refractivity contribution in [3.63, 3.8) is 0 Å². The van der Waals surface area contributed by atoms with Crippen LogP contribution in [0.15, 0.2) is 29.5 Å². The normalized spacial score (nSPS) is 36.7. The largest absolute Gasteiger partial charge is 0.394 e. The molecule has 4 aliphatic rings. The highest BCUT2D eigenvalue weighted by atomic mass is 32.1. The molecule has 7 rings (SSSR count). The fourth-order valence-corrected chi connectivity index (χ4v) is 6.72. The number of aromatic nitrogens is 4. The van der Waals surface area contributed by atoms with Crippen LogP contribution in [0.5, 0.6) is 0 Å². The van der Waals surface area contributed by atoms with E-state index in [1.165, 1.54) is 37.6 Å². The van der Waals surface area contributed by atoms with E-state index in [-0.39, 0.29) is 12.6 Å². The maximum absolute atomic E-state index is 10.4. The first-order chi connectivity index (χ1) is 15.7. The molecule has 2 bridgehead atoms. The summed E-state index contributed by atoms with van der Waals surface area (Å²) in [6.07, 6.45) is 3.97. The van der Waals surface area contributed by atoms with Crippen LogP contribution in [0.3, 0.4) is 0 Å². The van der Waals surface area contributed by atoms with Gasteiger partial charge in [-0.2, -0.15) is 11.3 Å². The third kappa shape index (κ3) is 3.16. The summed E-state index contributed by atoms with van der Waals surface area (Å²) in [5, 5.41) is 38.1. The Kier molecular flexibility index (Phi) is 5.14. The van der Waals surface area contributed by atoms with Gasteiger partial charge in [-0.05, 0) is 59.9 Å². The number of ether oxygens (including phenoxy) is 1. The van der Waals surface area contributed by atoms with Crippen LogP contribution < -0.4 is 5.32 Å². The number of nitrogens with one attached hydrogen (secondary N) is 1. The lowest BCUT2D eigenvalue weighted by atomic mass is 9.60. The molecule has 10 heteroatoms. The number of anilines is 1. The van der Waals surface area contributed by atoms with Gasteiger partial charge in [-0.25, -0.2) is 15.0 Å². The lowest BCUT2D eigenvalue weighted by Gasteiger charge is -2.49. The van der Waals surface area contributed by atoms with Gasteiger partial charge in [0.1, 0.15) is 24.6 Å². The average Bonchev–Trinajstić information content (AvgIpc) is 3.56. The van der Waals surface area contributed by atoms with Gasteiger partial charge < -0.3 is 25.4 Å². The summed E-state index contributed by atoms with van der Waals surface area (Å²) < 4.78 is 7.28. The predicted molar refractivity (Wildman–Crippen MR) is 118 cm³/mol. The molecule has 0 spiro atoms. The van der Waals surface area contributed by atoms with E-state index in [1.807, 2.05) is 0 Å². The minimum absolute atomic E-state index is 0.286. The Hall–Kier alpha value is -2.11. The molecule has 0 radical (unpaired) electrons. The van der Waals surface area contributed by atoms with E-state index in [9.17, 15) is 15.3 Å². The quantitative estimate of drug-likeness (QED) is 0.458. The zero-order valence-electron chi connectivity index (χ0n) is 17.5. The van der Waals surface area contributed by atoms with Crippen molar-refractivity contribution in [1.82, 2.24) is 19.5 Å². The molecule has 3 aromatic heterocycles. The molecule has 3 aromatic rings. The van der Waals surface area contributed by atoms with E-state index in [4.69, 9.17) is 4.74 Å². The van der Waals surface area contributed by atoms with Gasteiger partial charge in [0.05, 0.1) is 12.9 Å². The van der Waals surface area contributed by atoms with Crippen molar-refractivity contribution in [1.29, 1.82) is 0 Å². The van der Waals surface area contributed by atoms with E-state index in [0.717, 1.165) is 0 Å². The SMILES string of the molecule is OC[C@H]1O[C@@H](n2cnc3c(NC4C5CCC(CC5)C4c4ccsc4)ncnc32)[C@H](O)[C@@H]1O. The summed E-state index contributed by atoms with van der Waals surface area (Å²) >= 11 is 1.75.